The van der Waals surface area contributed by atoms with Gasteiger partial charge in [-0.25, -0.2) is 0 Å². The van der Waals surface area contributed by atoms with Crippen LogP contribution in [0.3, 0.4) is 0 Å². The van der Waals surface area contributed by atoms with E-state index in [1.54, 1.807) is 30.3 Å². The molecule has 0 saturated carbocycles. The molecule has 6 nitrogen and oxygen atoms in total. The van der Waals surface area contributed by atoms with Gasteiger partial charge in [0.15, 0.2) is 0 Å². The van der Waals surface area contributed by atoms with Crippen molar-refractivity contribution in [2.45, 2.75) is 51.9 Å². The van der Waals surface area contributed by atoms with Gasteiger partial charge in [0, 0.05) is 39.8 Å². The molecule has 0 radical (unpaired) electrons. The lowest BCUT2D eigenvalue weighted by molar-refractivity contribution is 0.0954. The van der Waals surface area contributed by atoms with Gasteiger partial charge in [0.25, 0.3) is 5.91 Å². The predicted octanol–water partition coefficient (Wildman–Crippen LogP) is 5.12. The van der Waals surface area contributed by atoms with Gasteiger partial charge in [-0.3, -0.25) is 4.79 Å². The van der Waals surface area contributed by atoms with E-state index in [0.29, 0.717) is 46.1 Å². The number of rotatable bonds is 11. The zero-order chi connectivity index (χ0) is 27.2. The van der Waals surface area contributed by atoms with Crippen molar-refractivity contribution in [1.82, 2.24) is 10.6 Å². The molecule has 0 spiro atoms. The Labute approximate surface area is 228 Å². The Hall–Kier alpha value is -2.61. The lowest BCUT2D eigenvalue weighted by Gasteiger charge is -2.28. The van der Waals surface area contributed by atoms with Crippen LogP contribution in [0, 0.1) is 6.92 Å². The molecule has 0 aromatic heterocycles. The van der Waals surface area contributed by atoms with Crippen molar-refractivity contribution in [2.75, 3.05) is 13.1 Å². The number of β-amino-alcohol motifs (C(OH)–C–C–N with tert-alkyl or cyclic N) is 1. The minimum atomic E-state index is -0.807. The number of benzene rings is 3. The minimum Gasteiger partial charge on any atom is -0.508 e. The second-order valence-electron chi connectivity index (χ2n) is 9.84. The van der Waals surface area contributed by atoms with Crippen LogP contribution in [0.25, 0.3) is 0 Å². The van der Waals surface area contributed by atoms with E-state index in [0.717, 1.165) is 16.7 Å². The first-order valence-corrected chi connectivity index (χ1v) is 12.9. The van der Waals surface area contributed by atoms with Crippen LogP contribution in [0.1, 0.15) is 58.1 Å². The molecular formula is C29H34Cl2N2O4. The van der Waals surface area contributed by atoms with Crippen LogP contribution in [0.15, 0.2) is 54.6 Å². The lowest BCUT2D eigenvalue weighted by Crippen LogP contribution is -2.43. The Bertz CT molecular complexity index is 1250. The first-order chi connectivity index (χ1) is 17.5. The number of carbonyl (C=O) groups is 1. The van der Waals surface area contributed by atoms with Crippen LogP contribution in [0.2, 0.25) is 10.0 Å². The van der Waals surface area contributed by atoms with Crippen molar-refractivity contribution < 1.29 is 20.1 Å². The zero-order valence-corrected chi connectivity index (χ0v) is 22.8. The molecule has 0 fully saturated rings. The van der Waals surface area contributed by atoms with Crippen molar-refractivity contribution in [1.29, 1.82) is 0 Å². The molecular weight excluding hydrogens is 511 g/mol. The topological polar surface area (TPSA) is 102 Å². The summed E-state index contributed by atoms with van der Waals surface area (Å²) in [6, 6.07) is 15.7. The fourth-order valence-corrected chi connectivity index (χ4v) is 4.71. The molecule has 3 rings (SSSR count). The summed E-state index contributed by atoms with van der Waals surface area (Å²) in [4.78, 5) is 12.8. The molecule has 0 aliphatic rings. The van der Waals surface area contributed by atoms with Gasteiger partial charge in [-0.05, 0) is 92.3 Å². The summed E-state index contributed by atoms with van der Waals surface area (Å²) in [5.41, 5.74) is 4.02. The second-order valence-corrected chi connectivity index (χ2v) is 10.7. The molecule has 1 atom stereocenters. The molecule has 0 saturated heterocycles. The summed E-state index contributed by atoms with van der Waals surface area (Å²) >= 11 is 12.5. The van der Waals surface area contributed by atoms with Crippen LogP contribution < -0.4 is 10.6 Å². The van der Waals surface area contributed by atoms with Crippen molar-refractivity contribution in [3.05, 3.63) is 98.0 Å². The van der Waals surface area contributed by atoms with E-state index in [1.165, 1.54) is 6.07 Å². The maximum Gasteiger partial charge on any atom is 0.251 e. The molecule has 5 N–H and O–H groups in total. The number of nitrogens with one attached hydrogen (secondary N) is 2. The van der Waals surface area contributed by atoms with Crippen LogP contribution in [0.4, 0.5) is 0 Å². The Morgan fingerprint density at radius 1 is 1.05 bits per heavy atom. The number of aromatic hydroxyl groups is 1. The van der Waals surface area contributed by atoms with E-state index in [9.17, 15) is 20.1 Å². The summed E-state index contributed by atoms with van der Waals surface area (Å²) in [5, 5.41) is 37.3. The molecule has 3 aromatic rings. The second kappa shape index (κ2) is 12.8. The van der Waals surface area contributed by atoms with E-state index in [4.69, 9.17) is 23.2 Å². The number of carbonyl (C=O) groups excluding carboxylic acids is 1. The third-order valence-corrected chi connectivity index (χ3v) is 7.17. The van der Waals surface area contributed by atoms with Gasteiger partial charge in [-0.15, -0.1) is 0 Å². The van der Waals surface area contributed by atoms with E-state index in [2.05, 4.69) is 10.6 Å². The van der Waals surface area contributed by atoms with Gasteiger partial charge >= 0.3 is 0 Å². The van der Waals surface area contributed by atoms with Gasteiger partial charge in [0.1, 0.15) is 5.75 Å². The molecule has 37 heavy (non-hydrogen) atoms. The first-order valence-electron chi connectivity index (χ1n) is 12.2. The third kappa shape index (κ3) is 7.94. The van der Waals surface area contributed by atoms with E-state index in [-0.39, 0.29) is 30.3 Å². The Balaban J connectivity index is 1.56. The number of phenols is 1. The van der Waals surface area contributed by atoms with Gasteiger partial charge in [-0.2, -0.15) is 0 Å². The average Bonchev–Trinajstić information content (AvgIpc) is 2.87. The van der Waals surface area contributed by atoms with Crippen molar-refractivity contribution in [3.63, 3.8) is 0 Å². The average molecular weight is 546 g/mol. The molecule has 0 aliphatic heterocycles. The Morgan fingerprint density at radius 2 is 1.78 bits per heavy atom. The minimum absolute atomic E-state index is 0.000896. The van der Waals surface area contributed by atoms with Crippen molar-refractivity contribution in [3.8, 4) is 5.75 Å². The van der Waals surface area contributed by atoms with Crippen molar-refractivity contribution in [2.24, 2.45) is 0 Å². The summed E-state index contributed by atoms with van der Waals surface area (Å²) in [7, 11) is 0. The fraction of sp³-hybridized carbons (Fsp3) is 0.345. The highest BCUT2D eigenvalue weighted by Crippen LogP contribution is 2.27. The first kappa shape index (κ1) is 29.0. The molecule has 1 amide bonds. The fourth-order valence-electron chi connectivity index (χ4n) is 4.23. The molecule has 0 aliphatic carbocycles. The van der Waals surface area contributed by atoms with Gasteiger partial charge < -0.3 is 26.0 Å². The van der Waals surface area contributed by atoms with Crippen LogP contribution in [0.5, 0.6) is 5.75 Å². The zero-order valence-electron chi connectivity index (χ0n) is 21.3. The highest BCUT2D eigenvalue weighted by atomic mass is 35.5. The Kier molecular flexibility index (Phi) is 9.99. The summed E-state index contributed by atoms with van der Waals surface area (Å²) < 4.78 is 0. The summed E-state index contributed by atoms with van der Waals surface area (Å²) in [5.74, 6) is -0.162. The predicted molar refractivity (Wildman–Crippen MR) is 148 cm³/mol. The number of aliphatic hydroxyl groups excluding tert-OH is 2. The van der Waals surface area contributed by atoms with E-state index in [1.807, 2.05) is 39.0 Å². The van der Waals surface area contributed by atoms with Gasteiger partial charge in [0.05, 0.1) is 12.7 Å². The number of hydrogen-bond donors (Lipinski definition) is 5. The number of amides is 1. The standard InChI is InChI=1S/C29H34Cl2N2O4/c1-18-23(25(31)9-8-24(18)30)11-12-32-28(37)21-6-4-5-19(13-21)15-29(2,3)33-16-27(36)20-7-10-26(35)22(14-20)17-34/h4-10,13-14,27,33-36H,11-12,15-17H2,1-3H3,(H,32,37)/t27-/m1/s1. The van der Waals surface area contributed by atoms with Crippen LogP contribution in [-0.2, 0) is 19.4 Å². The number of halogens is 2. The highest BCUT2D eigenvalue weighted by molar-refractivity contribution is 6.34. The SMILES string of the molecule is Cc1c(Cl)ccc(Cl)c1CCNC(=O)c1cccc(CC(C)(C)NC[C@@H](O)c2ccc(O)c(CO)c2)c1. The van der Waals surface area contributed by atoms with E-state index < -0.39 is 6.10 Å². The largest absolute Gasteiger partial charge is 0.508 e. The molecule has 8 heteroatoms. The molecule has 0 heterocycles. The van der Waals surface area contributed by atoms with E-state index >= 15 is 0 Å². The monoisotopic (exact) mass is 544 g/mol. The van der Waals surface area contributed by atoms with Gasteiger partial charge in [-0.1, -0.05) is 41.4 Å². The summed E-state index contributed by atoms with van der Waals surface area (Å²) in [6.07, 6.45) is 0.408. The molecule has 0 unspecified atom stereocenters. The molecule has 3 aromatic carbocycles. The maximum absolute atomic E-state index is 12.8. The lowest BCUT2D eigenvalue weighted by atomic mass is 9.93. The van der Waals surface area contributed by atoms with Crippen LogP contribution in [-0.4, -0.2) is 39.9 Å². The normalized spacial score (nSPS) is 12.4. The maximum atomic E-state index is 12.8. The van der Waals surface area contributed by atoms with Gasteiger partial charge in [0.2, 0.25) is 0 Å². The Morgan fingerprint density at radius 3 is 2.51 bits per heavy atom. The number of aliphatic hydroxyl groups is 2. The van der Waals surface area contributed by atoms with Crippen molar-refractivity contribution >= 4 is 29.1 Å². The molecule has 0 bridgehead atoms. The molecule has 198 valence electrons. The summed E-state index contributed by atoms with van der Waals surface area (Å²) in [6.45, 7) is 6.39. The smallest absolute Gasteiger partial charge is 0.251 e. The number of hydrogen-bond acceptors (Lipinski definition) is 5. The third-order valence-electron chi connectivity index (χ3n) is 6.40. The highest BCUT2D eigenvalue weighted by Gasteiger charge is 2.21. The quantitative estimate of drug-likeness (QED) is 0.230. The van der Waals surface area contributed by atoms with Crippen LogP contribution >= 0.6 is 23.2 Å².